The molecule has 4 nitrogen and oxygen atoms in total. The maximum Gasteiger partial charge on any atom is 0.129 e. The first kappa shape index (κ1) is 13.4. The van der Waals surface area contributed by atoms with E-state index in [-0.39, 0.29) is 6.42 Å². The summed E-state index contributed by atoms with van der Waals surface area (Å²) in [5.74, 6) is 4.58. The molecule has 0 bridgehead atoms. The molecule has 1 aromatic heterocycles. The average molecular weight is 264 g/mol. The summed E-state index contributed by atoms with van der Waals surface area (Å²) >= 11 is 0. The number of hydrogen-bond acceptors (Lipinski definition) is 4. The van der Waals surface area contributed by atoms with E-state index in [4.69, 9.17) is 11.6 Å². The van der Waals surface area contributed by atoms with Crippen LogP contribution in [-0.4, -0.2) is 4.98 Å². The normalized spacial score (nSPS) is 12.4. The van der Waals surface area contributed by atoms with Crippen molar-refractivity contribution in [2.24, 2.45) is 5.84 Å². The van der Waals surface area contributed by atoms with Crippen molar-refractivity contribution < 1.29 is 8.78 Å². The number of anilines is 1. The van der Waals surface area contributed by atoms with Gasteiger partial charge in [-0.3, -0.25) is 11.3 Å². The fourth-order valence-electron chi connectivity index (χ4n) is 1.89. The van der Waals surface area contributed by atoms with Gasteiger partial charge in [0.15, 0.2) is 0 Å². The van der Waals surface area contributed by atoms with Crippen molar-refractivity contribution in [3.05, 3.63) is 59.3 Å². The predicted octanol–water partition coefficient (Wildman–Crippen LogP) is 1.69. The number of nitrogens with two attached hydrogens (primary N) is 2. The molecule has 0 radical (unpaired) electrons. The zero-order chi connectivity index (χ0) is 13.8. The lowest BCUT2D eigenvalue weighted by molar-refractivity contribution is 0.522. The standard InChI is InChI=1S/C13H14F2N4/c14-9-4-3-8(11(15)7-9)6-12(19-17)10-2-1-5-18-13(10)16/h1-5,7,12,19H,6,17H2,(H2,16,18). The average Bonchev–Trinajstić information content (AvgIpc) is 2.39. The second kappa shape index (κ2) is 5.73. The van der Waals surface area contributed by atoms with E-state index in [9.17, 15) is 8.78 Å². The molecule has 0 saturated heterocycles. The summed E-state index contributed by atoms with van der Waals surface area (Å²) in [4.78, 5) is 3.95. The van der Waals surface area contributed by atoms with Gasteiger partial charge >= 0.3 is 0 Å². The molecule has 1 unspecified atom stereocenters. The zero-order valence-corrected chi connectivity index (χ0v) is 10.1. The molecule has 6 heteroatoms. The van der Waals surface area contributed by atoms with Gasteiger partial charge in [-0.05, 0) is 24.1 Å². The summed E-state index contributed by atoms with van der Waals surface area (Å²) in [7, 11) is 0. The van der Waals surface area contributed by atoms with Gasteiger partial charge in [-0.15, -0.1) is 0 Å². The lowest BCUT2D eigenvalue weighted by Gasteiger charge is -2.18. The number of nitrogens with zero attached hydrogens (tertiary/aromatic N) is 1. The van der Waals surface area contributed by atoms with E-state index in [1.165, 1.54) is 12.1 Å². The van der Waals surface area contributed by atoms with Gasteiger partial charge < -0.3 is 5.73 Å². The molecular formula is C13H14F2N4. The summed E-state index contributed by atoms with van der Waals surface area (Å²) in [5.41, 5.74) is 9.35. The van der Waals surface area contributed by atoms with Gasteiger partial charge in [0, 0.05) is 17.8 Å². The van der Waals surface area contributed by atoms with E-state index >= 15 is 0 Å². The maximum absolute atomic E-state index is 13.6. The minimum absolute atomic E-state index is 0.249. The maximum atomic E-state index is 13.6. The fraction of sp³-hybridized carbons (Fsp3) is 0.154. The number of nitrogen functional groups attached to an aromatic ring is 1. The monoisotopic (exact) mass is 264 g/mol. The number of hydrogen-bond donors (Lipinski definition) is 3. The quantitative estimate of drug-likeness (QED) is 0.580. The van der Waals surface area contributed by atoms with Gasteiger partial charge in [-0.25, -0.2) is 13.8 Å². The van der Waals surface area contributed by atoms with Crippen molar-refractivity contribution in [3.63, 3.8) is 0 Å². The topological polar surface area (TPSA) is 77.0 Å². The van der Waals surface area contributed by atoms with Crippen molar-refractivity contribution in [2.75, 3.05) is 5.73 Å². The van der Waals surface area contributed by atoms with Crippen LogP contribution in [0.3, 0.4) is 0 Å². The van der Waals surface area contributed by atoms with Crippen LogP contribution >= 0.6 is 0 Å². The third-order valence-electron chi connectivity index (χ3n) is 2.89. The summed E-state index contributed by atoms with van der Waals surface area (Å²) in [6, 6.07) is 6.52. The summed E-state index contributed by atoms with van der Waals surface area (Å²) < 4.78 is 26.5. The van der Waals surface area contributed by atoms with Crippen LogP contribution in [0.4, 0.5) is 14.6 Å². The fourth-order valence-corrected chi connectivity index (χ4v) is 1.89. The van der Waals surface area contributed by atoms with Crippen molar-refractivity contribution in [1.29, 1.82) is 0 Å². The highest BCUT2D eigenvalue weighted by Gasteiger charge is 2.16. The molecule has 1 atom stereocenters. The third-order valence-corrected chi connectivity index (χ3v) is 2.89. The summed E-state index contributed by atoms with van der Waals surface area (Å²) in [5, 5.41) is 0. The SMILES string of the molecule is NNC(Cc1ccc(F)cc1F)c1cccnc1N. The van der Waals surface area contributed by atoms with E-state index in [0.717, 1.165) is 6.07 Å². The van der Waals surface area contributed by atoms with Crippen LogP contribution in [-0.2, 0) is 6.42 Å². The van der Waals surface area contributed by atoms with Gasteiger partial charge in [0.25, 0.3) is 0 Å². The third kappa shape index (κ3) is 3.04. The van der Waals surface area contributed by atoms with Gasteiger partial charge in [0.2, 0.25) is 0 Å². The van der Waals surface area contributed by atoms with Crippen LogP contribution in [0.5, 0.6) is 0 Å². The first-order valence-electron chi connectivity index (χ1n) is 5.72. The number of nitrogens with one attached hydrogen (secondary N) is 1. The lowest BCUT2D eigenvalue weighted by Crippen LogP contribution is -2.30. The molecule has 0 aliphatic carbocycles. The van der Waals surface area contributed by atoms with Crippen molar-refractivity contribution in [3.8, 4) is 0 Å². The van der Waals surface area contributed by atoms with Crippen molar-refractivity contribution in [1.82, 2.24) is 10.4 Å². The van der Waals surface area contributed by atoms with Crippen LogP contribution in [0.1, 0.15) is 17.2 Å². The number of hydrazine groups is 1. The smallest absolute Gasteiger partial charge is 0.129 e. The molecule has 0 fully saturated rings. The Morgan fingerprint density at radius 3 is 2.68 bits per heavy atom. The van der Waals surface area contributed by atoms with Crippen molar-refractivity contribution >= 4 is 5.82 Å². The molecular weight excluding hydrogens is 250 g/mol. The van der Waals surface area contributed by atoms with Gasteiger partial charge in [0.1, 0.15) is 17.5 Å². The van der Waals surface area contributed by atoms with Gasteiger partial charge in [-0.1, -0.05) is 12.1 Å². The van der Waals surface area contributed by atoms with Crippen LogP contribution in [0.2, 0.25) is 0 Å². The number of halogens is 2. The van der Waals surface area contributed by atoms with Gasteiger partial charge in [0.05, 0.1) is 6.04 Å². The predicted molar refractivity (Wildman–Crippen MR) is 68.8 cm³/mol. The Bertz CT molecular complexity index is 574. The molecule has 5 N–H and O–H groups in total. The minimum Gasteiger partial charge on any atom is -0.383 e. The molecule has 1 aromatic carbocycles. The largest absolute Gasteiger partial charge is 0.383 e. The Kier molecular flexibility index (Phi) is 4.03. The molecule has 2 aromatic rings. The Morgan fingerprint density at radius 1 is 1.26 bits per heavy atom. The highest BCUT2D eigenvalue weighted by atomic mass is 19.1. The van der Waals surface area contributed by atoms with Crippen LogP contribution < -0.4 is 17.0 Å². The van der Waals surface area contributed by atoms with Gasteiger partial charge in [-0.2, -0.15) is 0 Å². The highest BCUT2D eigenvalue weighted by molar-refractivity contribution is 5.41. The molecule has 100 valence electrons. The Morgan fingerprint density at radius 2 is 2.05 bits per heavy atom. The number of benzene rings is 1. The highest BCUT2D eigenvalue weighted by Crippen LogP contribution is 2.23. The lowest BCUT2D eigenvalue weighted by atomic mass is 9.99. The van der Waals surface area contributed by atoms with E-state index in [0.29, 0.717) is 16.9 Å². The first-order valence-corrected chi connectivity index (χ1v) is 5.72. The Hall–Kier alpha value is -2.05. The molecule has 0 saturated carbocycles. The van der Waals surface area contributed by atoms with Crippen LogP contribution in [0, 0.1) is 11.6 Å². The summed E-state index contributed by atoms with van der Waals surface area (Å²) in [6.45, 7) is 0. The van der Waals surface area contributed by atoms with Crippen LogP contribution in [0.15, 0.2) is 36.5 Å². The first-order chi connectivity index (χ1) is 9.11. The molecule has 1 heterocycles. The minimum atomic E-state index is -0.612. The second-order valence-corrected chi connectivity index (χ2v) is 4.14. The number of aromatic nitrogens is 1. The second-order valence-electron chi connectivity index (χ2n) is 4.14. The molecule has 0 aliphatic rings. The molecule has 2 rings (SSSR count). The van der Waals surface area contributed by atoms with Crippen molar-refractivity contribution in [2.45, 2.75) is 12.5 Å². The van der Waals surface area contributed by atoms with E-state index in [1.54, 1.807) is 18.3 Å². The number of pyridine rings is 1. The summed E-state index contributed by atoms with van der Waals surface area (Å²) in [6.07, 6.45) is 1.81. The number of rotatable bonds is 4. The molecule has 19 heavy (non-hydrogen) atoms. The Labute approximate surface area is 109 Å². The van der Waals surface area contributed by atoms with Crippen LogP contribution in [0.25, 0.3) is 0 Å². The molecule has 0 spiro atoms. The van der Waals surface area contributed by atoms with E-state index in [2.05, 4.69) is 10.4 Å². The van der Waals surface area contributed by atoms with E-state index in [1.807, 2.05) is 0 Å². The van der Waals surface area contributed by atoms with E-state index < -0.39 is 17.7 Å². The molecule has 0 aliphatic heterocycles. The Balaban J connectivity index is 2.27. The zero-order valence-electron chi connectivity index (χ0n) is 10.1. The molecule has 0 amide bonds.